The summed E-state index contributed by atoms with van der Waals surface area (Å²) in [6.07, 6.45) is 0. The smallest absolute Gasteiger partial charge is 0.160 e. The zero-order chi connectivity index (χ0) is 17.7. The molecular weight excluding hydrogens is 284 g/mol. The third-order valence-corrected chi connectivity index (χ3v) is 3.69. The lowest BCUT2D eigenvalue weighted by atomic mass is 9.87. The van der Waals surface area contributed by atoms with E-state index in [1.807, 2.05) is 12.1 Å². The monoisotopic (exact) mass is 314 g/mol. The standard InChI is InChI=1S/C11H16O2.C10H14/c1-11(2,3)8-5-6-9(12)10(7-8)13-4;1-10(2,3)9-7-5-4-6-8-9/h5-7,12H,1-4H3;4-8H,1-3H3. The molecule has 0 unspecified atom stereocenters. The summed E-state index contributed by atoms with van der Waals surface area (Å²) < 4.78 is 5.03. The van der Waals surface area contributed by atoms with Gasteiger partial charge in [0.2, 0.25) is 0 Å². The van der Waals surface area contributed by atoms with Gasteiger partial charge in [0, 0.05) is 0 Å². The Kier molecular flexibility index (Phi) is 6.26. The molecule has 0 aromatic heterocycles. The minimum Gasteiger partial charge on any atom is -0.504 e. The van der Waals surface area contributed by atoms with E-state index < -0.39 is 0 Å². The van der Waals surface area contributed by atoms with Crippen molar-refractivity contribution >= 4 is 0 Å². The number of benzene rings is 2. The summed E-state index contributed by atoms with van der Waals surface area (Å²) >= 11 is 0. The molecule has 2 nitrogen and oxygen atoms in total. The molecule has 0 aliphatic rings. The molecule has 1 N–H and O–H groups in total. The number of aromatic hydroxyl groups is 1. The van der Waals surface area contributed by atoms with E-state index in [0.717, 1.165) is 5.56 Å². The molecule has 0 bridgehead atoms. The van der Waals surface area contributed by atoms with Gasteiger partial charge in [0.15, 0.2) is 11.5 Å². The molecule has 0 fully saturated rings. The van der Waals surface area contributed by atoms with Crippen LogP contribution in [0.4, 0.5) is 0 Å². The number of methoxy groups -OCH3 is 1. The van der Waals surface area contributed by atoms with Crippen LogP contribution in [0.25, 0.3) is 0 Å². The average molecular weight is 314 g/mol. The second-order valence-electron chi connectivity index (χ2n) is 7.75. The average Bonchev–Trinajstić information content (AvgIpc) is 2.47. The van der Waals surface area contributed by atoms with Crippen molar-refractivity contribution in [1.82, 2.24) is 0 Å². The Labute approximate surface area is 141 Å². The van der Waals surface area contributed by atoms with Gasteiger partial charge in [-0.1, -0.05) is 77.9 Å². The molecule has 2 heteroatoms. The molecule has 0 saturated carbocycles. The number of phenols is 1. The second kappa shape index (κ2) is 7.54. The lowest BCUT2D eigenvalue weighted by molar-refractivity contribution is 0.371. The highest BCUT2D eigenvalue weighted by Crippen LogP contribution is 2.31. The Hall–Kier alpha value is -1.96. The number of ether oxygens (including phenoxy) is 1. The summed E-state index contributed by atoms with van der Waals surface area (Å²) in [4.78, 5) is 0. The van der Waals surface area contributed by atoms with Gasteiger partial charge in [-0.25, -0.2) is 0 Å². The zero-order valence-electron chi connectivity index (χ0n) is 15.5. The van der Waals surface area contributed by atoms with Crippen LogP contribution in [-0.4, -0.2) is 12.2 Å². The van der Waals surface area contributed by atoms with Crippen LogP contribution in [-0.2, 0) is 10.8 Å². The fraction of sp³-hybridized carbons (Fsp3) is 0.429. The Bertz CT molecular complexity index is 602. The molecular formula is C21H30O2. The van der Waals surface area contributed by atoms with Crippen molar-refractivity contribution in [3.05, 3.63) is 59.7 Å². The van der Waals surface area contributed by atoms with Crippen LogP contribution in [0.1, 0.15) is 52.7 Å². The van der Waals surface area contributed by atoms with Crippen LogP contribution in [0.3, 0.4) is 0 Å². The fourth-order valence-corrected chi connectivity index (χ4v) is 2.08. The molecule has 0 aliphatic carbocycles. The van der Waals surface area contributed by atoms with Crippen molar-refractivity contribution in [3.63, 3.8) is 0 Å². The number of rotatable bonds is 1. The van der Waals surface area contributed by atoms with E-state index in [2.05, 4.69) is 71.9 Å². The number of hydrogen-bond donors (Lipinski definition) is 1. The first-order valence-corrected chi connectivity index (χ1v) is 7.98. The summed E-state index contributed by atoms with van der Waals surface area (Å²) in [5, 5.41) is 9.38. The quantitative estimate of drug-likeness (QED) is 0.733. The van der Waals surface area contributed by atoms with Gasteiger partial charge in [-0.2, -0.15) is 0 Å². The third kappa shape index (κ3) is 5.97. The molecule has 2 rings (SSSR count). The van der Waals surface area contributed by atoms with E-state index in [-0.39, 0.29) is 11.2 Å². The Morgan fingerprint density at radius 2 is 1.26 bits per heavy atom. The van der Waals surface area contributed by atoms with Gasteiger partial charge in [-0.3, -0.25) is 0 Å². The van der Waals surface area contributed by atoms with Crippen molar-refractivity contribution in [2.75, 3.05) is 7.11 Å². The summed E-state index contributed by atoms with van der Waals surface area (Å²) in [5.74, 6) is 0.725. The molecule has 0 heterocycles. The minimum absolute atomic E-state index is 0.0843. The van der Waals surface area contributed by atoms with Crippen LogP contribution in [0.2, 0.25) is 0 Å². The van der Waals surface area contributed by atoms with Gasteiger partial charge in [0.1, 0.15) is 0 Å². The van der Waals surface area contributed by atoms with Gasteiger partial charge in [0.05, 0.1) is 7.11 Å². The van der Waals surface area contributed by atoms with Gasteiger partial charge in [-0.15, -0.1) is 0 Å². The van der Waals surface area contributed by atoms with E-state index in [1.165, 1.54) is 5.56 Å². The third-order valence-electron chi connectivity index (χ3n) is 3.69. The number of phenolic OH excluding ortho intramolecular Hbond substituents is 1. The summed E-state index contributed by atoms with van der Waals surface area (Å²) in [6.45, 7) is 13.0. The maximum Gasteiger partial charge on any atom is 0.160 e. The van der Waals surface area contributed by atoms with Crippen molar-refractivity contribution in [2.45, 2.75) is 52.4 Å². The molecule has 2 aromatic rings. The first-order valence-electron chi connectivity index (χ1n) is 7.98. The molecule has 0 aliphatic heterocycles. The van der Waals surface area contributed by atoms with Crippen molar-refractivity contribution in [3.8, 4) is 11.5 Å². The van der Waals surface area contributed by atoms with E-state index in [0.29, 0.717) is 11.2 Å². The summed E-state index contributed by atoms with van der Waals surface area (Å²) in [7, 11) is 1.56. The molecule has 0 spiro atoms. The van der Waals surface area contributed by atoms with Crippen LogP contribution in [0.15, 0.2) is 48.5 Å². The molecule has 2 aromatic carbocycles. The van der Waals surface area contributed by atoms with Crippen molar-refractivity contribution < 1.29 is 9.84 Å². The van der Waals surface area contributed by atoms with E-state index in [1.54, 1.807) is 13.2 Å². The minimum atomic E-state index is 0.0843. The van der Waals surface area contributed by atoms with Crippen LogP contribution in [0.5, 0.6) is 11.5 Å². The van der Waals surface area contributed by atoms with Gasteiger partial charge < -0.3 is 9.84 Å². The Morgan fingerprint density at radius 3 is 1.65 bits per heavy atom. The number of hydrogen-bond acceptors (Lipinski definition) is 2. The molecule has 0 saturated heterocycles. The van der Waals surface area contributed by atoms with E-state index in [9.17, 15) is 5.11 Å². The normalized spacial score (nSPS) is 11.4. The fourth-order valence-electron chi connectivity index (χ4n) is 2.08. The summed E-state index contributed by atoms with van der Waals surface area (Å²) in [6, 6.07) is 16.0. The van der Waals surface area contributed by atoms with Crippen molar-refractivity contribution in [1.29, 1.82) is 0 Å². The predicted molar refractivity (Wildman–Crippen MR) is 98.5 cm³/mol. The Balaban J connectivity index is 0.000000238. The highest BCUT2D eigenvalue weighted by Gasteiger charge is 2.15. The first kappa shape index (κ1) is 19.1. The first-order chi connectivity index (χ1) is 10.6. The molecule has 23 heavy (non-hydrogen) atoms. The predicted octanol–water partition coefficient (Wildman–Crippen LogP) is 5.68. The molecule has 126 valence electrons. The SMILES string of the molecule is CC(C)(C)c1ccccc1.COc1cc(C(C)(C)C)ccc1O. The van der Waals surface area contributed by atoms with Crippen LogP contribution < -0.4 is 4.74 Å². The molecule has 0 amide bonds. The van der Waals surface area contributed by atoms with E-state index in [4.69, 9.17) is 4.74 Å². The molecule has 0 radical (unpaired) electrons. The largest absolute Gasteiger partial charge is 0.504 e. The van der Waals surface area contributed by atoms with Gasteiger partial charge >= 0.3 is 0 Å². The maximum atomic E-state index is 9.38. The van der Waals surface area contributed by atoms with Gasteiger partial charge in [0.25, 0.3) is 0 Å². The van der Waals surface area contributed by atoms with Gasteiger partial charge in [-0.05, 0) is 34.1 Å². The zero-order valence-corrected chi connectivity index (χ0v) is 15.5. The Morgan fingerprint density at radius 1 is 0.739 bits per heavy atom. The lowest BCUT2D eigenvalue weighted by Crippen LogP contribution is -2.10. The van der Waals surface area contributed by atoms with Crippen LogP contribution in [0, 0.1) is 0 Å². The van der Waals surface area contributed by atoms with Crippen molar-refractivity contribution in [2.24, 2.45) is 0 Å². The highest BCUT2D eigenvalue weighted by molar-refractivity contribution is 5.43. The van der Waals surface area contributed by atoms with Crippen LogP contribution >= 0.6 is 0 Å². The highest BCUT2D eigenvalue weighted by atomic mass is 16.5. The maximum absolute atomic E-state index is 9.38. The second-order valence-corrected chi connectivity index (χ2v) is 7.75. The van der Waals surface area contributed by atoms with E-state index >= 15 is 0 Å². The topological polar surface area (TPSA) is 29.5 Å². The lowest BCUT2D eigenvalue weighted by Gasteiger charge is -2.19. The molecule has 0 atom stereocenters. The summed E-state index contributed by atoms with van der Waals surface area (Å²) in [5.41, 5.74) is 2.93.